The standard InChI is InChI=1S/C18H26N6.C9H20.C3H8S.CH4S/c1-2-3-6-22-12-15-14-11-13(24-9-7-21-8-10-24)4-5-16(14)23-18(20)17(15)19;1-6-8(3)9(4,5)7-2;1-3(2)4;1-2/h4-5,11-12,21H,2-3,6-10,19H2,1H3,(H2,20,23);8H,6-7H2,1-5H3;3-4H,1-2H3;2H,1H3/t;8-;;/m.0../s1. The quantitative estimate of drug-likeness (QED) is 0.128. The summed E-state index contributed by atoms with van der Waals surface area (Å²) in [5.41, 5.74) is 16.2. The molecule has 39 heavy (non-hydrogen) atoms. The lowest BCUT2D eigenvalue weighted by Gasteiger charge is -2.29. The van der Waals surface area contributed by atoms with Crippen LogP contribution >= 0.6 is 25.3 Å². The summed E-state index contributed by atoms with van der Waals surface area (Å²) in [6.07, 6.45) is 8.34. The number of unbranched alkanes of at least 4 members (excludes halogenated alkanes) is 1. The molecule has 5 N–H and O–H groups in total. The van der Waals surface area contributed by atoms with Gasteiger partial charge in [0, 0.05) is 55.6 Å². The van der Waals surface area contributed by atoms with Crippen LogP contribution in [0, 0.1) is 11.3 Å². The molecule has 2 heterocycles. The zero-order chi connectivity index (χ0) is 30.0. The molecule has 0 bridgehead atoms. The van der Waals surface area contributed by atoms with E-state index >= 15 is 0 Å². The summed E-state index contributed by atoms with van der Waals surface area (Å²) >= 11 is 7.49. The number of aromatic nitrogens is 1. The molecule has 1 aliphatic heterocycles. The number of hydrogen-bond donors (Lipinski definition) is 5. The van der Waals surface area contributed by atoms with E-state index in [1.54, 1.807) is 6.26 Å². The highest BCUT2D eigenvalue weighted by Crippen LogP contribution is 2.32. The van der Waals surface area contributed by atoms with E-state index in [0.717, 1.165) is 67.9 Å². The van der Waals surface area contributed by atoms with Gasteiger partial charge in [0.1, 0.15) is 5.82 Å². The molecule has 1 atom stereocenters. The second-order valence-corrected chi connectivity index (χ2v) is 11.9. The molecule has 1 fully saturated rings. The number of aliphatic imine (C=N–C) groups is 1. The molecule has 1 saturated heterocycles. The molecule has 8 heteroatoms. The van der Waals surface area contributed by atoms with E-state index in [0.29, 0.717) is 22.2 Å². The first kappa shape index (κ1) is 37.4. The van der Waals surface area contributed by atoms with Gasteiger partial charge in [-0.25, -0.2) is 4.98 Å². The number of benzene rings is 1. The Morgan fingerprint density at radius 3 is 2.18 bits per heavy atom. The van der Waals surface area contributed by atoms with Crippen LogP contribution in [0.25, 0.3) is 10.9 Å². The number of thiol groups is 2. The highest BCUT2D eigenvalue weighted by molar-refractivity contribution is 7.80. The maximum atomic E-state index is 6.19. The summed E-state index contributed by atoms with van der Waals surface area (Å²) in [5, 5.41) is 4.92. The van der Waals surface area contributed by atoms with Crippen molar-refractivity contribution in [3.05, 3.63) is 23.8 Å². The van der Waals surface area contributed by atoms with Gasteiger partial charge >= 0.3 is 0 Å². The van der Waals surface area contributed by atoms with E-state index in [1.165, 1.54) is 18.5 Å². The van der Waals surface area contributed by atoms with Crippen molar-refractivity contribution in [1.29, 1.82) is 0 Å². The molecule has 1 aromatic carbocycles. The van der Waals surface area contributed by atoms with E-state index in [-0.39, 0.29) is 0 Å². The van der Waals surface area contributed by atoms with Gasteiger partial charge in [-0.05, 0) is 47.5 Å². The first-order valence-corrected chi connectivity index (χ1v) is 16.0. The average molecular weight is 579 g/mol. The lowest BCUT2D eigenvalue weighted by molar-refractivity contribution is 0.215. The number of fused-ring (bicyclic) bond motifs is 1. The van der Waals surface area contributed by atoms with Crippen LogP contribution in [0.3, 0.4) is 0 Å². The van der Waals surface area contributed by atoms with E-state index in [4.69, 9.17) is 11.5 Å². The van der Waals surface area contributed by atoms with Gasteiger partial charge in [0.25, 0.3) is 0 Å². The lowest BCUT2D eigenvalue weighted by atomic mass is 9.77. The summed E-state index contributed by atoms with van der Waals surface area (Å²) in [7, 11) is 0. The van der Waals surface area contributed by atoms with Crippen molar-refractivity contribution in [1.82, 2.24) is 10.3 Å². The second kappa shape index (κ2) is 20.3. The number of anilines is 3. The number of nitrogens with one attached hydrogen (secondary N) is 1. The van der Waals surface area contributed by atoms with Crippen molar-refractivity contribution in [2.45, 2.75) is 86.3 Å². The minimum Gasteiger partial charge on any atom is -0.395 e. The molecule has 0 aliphatic carbocycles. The Morgan fingerprint density at radius 2 is 1.69 bits per heavy atom. The summed E-state index contributed by atoms with van der Waals surface area (Å²) in [5.74, 6) is 1.23. The van der Waals surface area contributed by atoms with Crippen LogP contribution < -0.4 is 21.7 Å². The Balaban J connectivity index is 0.000000803. The Bertz CT molecular complexity index is 953. The van der Waals surface area contributed by atoms with Crippen LogP contribution in [0.5, 0.6) is 0 Å². The minimum absolute atomic E-state index is 0.370. The van der Waals surface area contributed by atoms with E-state index in [2.05, 4.69) is 99.1 Å². The van der Waals surface area contributed by atoms with Crippen LogP contribution in [0.4, 0.5) is 17.2 Å². The molecule has 0 amide bonds. The Kier molecular flexibility index (Phi) is 19.4. The third kappa shape index (κ3) is 13.5. The Labute approximate surface area is 251 Å². The summed E-state index contributed by atoms with van der Waals surface area (Å²) in [6, 6.07) is 6.28. The third-order valence-electron chi connectivity index (χ3n) is 7.28. The summed E-state index contributed by atoms with van der Waals surface area (Å²) < 4.78 is 0. The topological polar surface area (TPSA) is 92.6 Å². The zero-order valence-electron chi connectivity index (χ0n) is 26.2. The van der Waals surface area contributed by atoms with E-state index in [9.17, 15) is 0 Å². The fraction of sp³-hybridized carbons (Fsp3) is 0.677. The first-order valence-electron chi connectivity index (χ1n) is 14.5. The molecule has 3 rings (SSSR count). The number of piperazine rings is 1. The van der Waals surface area contributed by atoms with Gasteiger partial charge < -0.3 is 21.7 Å². The second-order valence-electron chi connectivity index (χ2n) is 10.9. The Morgan fingerprint density at radius 1 is 1.10 bits per heavy atom. The van der Waals surface area contributed by atoms with Crippen molar-refractivity contribution in [3.63, 3.8) is 0 Å². The SMILES string of the molecule is CC(C)S.CCCCN=Cc1c(N)c(N)nc2ccc(N3CCNCC3)cc12.CC[C@H](C)C(C)(C)CC.CS. The molecule has 224 valence electrons. The van der Waals surface area contributed by atoms with Gasteiger partial charge in [0.2, 0.25) is 0 Å². The normalized spacial score (nSPS) is 14.2. The number of hydrogen-bond acceptors (Lipinski definition) is 8. The van der Waals surface area contributed by atoms with E-state index < -0.39 is 0 Å². The van der Waals surface area contributed by atoms with Crippen molar-refractivity contribution in [2.24, 2.45) is 16.3 Å². The highest BCUT2D eigenvalue weighted by Gasteiger charge is 2.21. The zero-order valence-corrected chi connectivity index (χ0v) is 28.0. The number of rotatable bonds is 8. The predicted molar refractivity (Wildman–Crippen MR) is 186 cm³/mol. The van der Waals surface area contributed by atoms with Crippen LogP contribution in [0.2, 0.25) is 0 Å². The van der Waals surface area contributed by atoms with E-state index in [1.807, 2.05) is 26.1 Å². The highest BCUT2D eigenvalue weighted by atomic mass is 32.1. The molecule has 0 saturated carbocycles. The minimum atomic E-state index is 0.370. The first-order chi connectivity index (χ1) is 18.5. The van der Waals surface area contributed by atoms with Gasteiger partial charge in [0.05, 0.1) is 11.2 Å². The molecule has 0 spiro atoms. The molecule has 0 radical (unpaired) electrons. The number of pyridine rings is 1. The molecule has 1 aromatic heterocycles. The summed E-state index contributed by atoms with van der Waals surface area (Å²) in [4.78, 5) is 11.3. The van der Waals surface area contributed by atoms with Crippen molar-refractivity contribution < 1.29 is 0 Å². The smallest absolute Gasteiger partial charge is 0.148 e. The Hall–Kier alpha value is -1.64. The lowest BCUT2D eigenvalue weighted by Crippen LogP contribution is -2.43. The van der Waals surface area contributed by atoms with Gasteiger partial charge in [0.15, 0.2) is 0 Å². The van der Waals surface area contributed by atoms with Gasteiger partial charge in [-0.15, -0.1) is 0 Å². The van der Waals surface area contributed by atoms with Crippen LogP contribution in [0.15, 0.2) is 23.2 Å². The fourth-order valence-corrected chi connectivity index (χ4v) is 3.88. The fourth-order valence-electron chi connectivity index (χ4n) is 3.88. The van der Waals surface area contributed by atoms with Crippen LogP contribution in [-0.4, -0.2) is 55.4 Å². The number of nitrogens with zero attached hydrogens (tertiary/aromatic N) is 3. The van der Waals surface area contributed by atoms with Gasteiger partial charge in [-0.1, -0.05) is 74.7 Å². The third-order valence-corrected chi connectivity index (χ3v) is 7.28. The molecule has 0 unspecified atom stereocenters. The largest absolute Gasteiger partial charge is 0.395 e. The molecule has 6 nitrogen and oxygen atoms in total. The molecular weight excluding hydrogens is 521 g/mol. The molecule has 1 aliphatic rings. The maximum absolute atomic E-state index is 6.19. The average Bonchev–Trinajstić information content (AvgIpc) is 2.94. The van der Waals surface area contributed by atoms with Gasteiger partial charge in [-0.3, -0.25) is 4.99 Å². The molecular formula is C31H58N6S2. The molecule has 2 aromatic rings. The van der Waals surface area contributed by atoms with Crippen LogP contribution in [0.1, 0.15) is 86.6 Å². The number of nitrogen functional groups attached to an aromatic ring is 2. The van der Waals surface area contributed by atoms with Crippen molar-refractivity contribution in [2.75, 3.05) is 55.3 Å². The number of nitrogens with two attached hydrogens (primary N) is 2. The van der Waals surface area contributed by atoms with Gasteiger partial charge in [-0.2, -0.15) is 25.3 Å². The predicted octanol–water partition coefficient (Wildman–Crippen LogP) is 7.37. The van der Waals surface area contributed by atoms with Crippen molar-refractivity contribution >= 4 is 59.6 Å². The monoisotopic (exact) mass is 578 g/mol. The van der Waals surface area contributed by atoms with Crippen LogP contribution in [-0.2, 0) is 0 Å². The van der Waals surface area contributed by atoms with Crippen molar-refractivity contribution in [3.8, 4) is 0 Å². The maximum Gasteiger partial charge on any atom is 0.148 e. The summed E-state index contributed by atoms with van der Waals surface area (Å²) in [6.45, 7) is 22.6.